The zero-order valence-electron chi connectivity index (χ0n) is 8.99. The van der Waals surface area contributed by atoms with Gasteiger partial charge < -0.3 is 9.88 Å². The van der Waals surface area contributed by atoms with Gasteiger partial charge in [0.1, 0.15) is 5.69 Å². The number of nitrogens with one attached hydrogen (secondary N) is 1. The van der Waals surface area contributed by atoms with E-state index in [-0.39, 0.29) is 5.91 Å². The normalized spacial score (nSPS) is 9.60. The molecule has 0 saturated carbocycles. The van der Waals surface area contributed by atoms with E-state index in [1.165, 1.54) is 0 Å². The lowest BCUT2D eigenvalue weighted by molar-refractivity contribution is 0.0945. The van der Waals surface area contributed by atoms with E-state index in [1.54, 1.807) is 10.6 Å². The third-order valence-electron chi connectivity index (χ3n) is 2.21. The van der Waals surface area contributed by atoms with Crippen molar-refractivity contribution in [2.75, 3.05) is 6.54 Å². The summed E-state index contributed by atoms with van der Waals surface area (Å²) in [5, 5.41) is 2.86. The monoisotopic (exact) mass is 204 g/mol. The van der Waals surface area contributed by atoms with E-state index >= 15 is 0 Å². The molecule has 0 fully saturated rings. The minimum Gasteiger partial charge on any atom is -0.351 e. The van der Waals surface area contributed by atoms with Gasteiger partial charge in [-0.3, -0.25) is 4.79 Å². The molecular weight excluding hydrogens is 188 g/mol. The number of carbonyl (C=O) groups is 1. The number of rotatable bonds is 5. The van der Waals surface area contributed by atoms with Gasteiger partial charge in [-0.05, 0) is 25.0 Å². The predicted molar refractivity (Wildman–Crippen MR) is 60.4 cm³/mol. The van der Waals surface area contributed by atoms with E-state index in [2.05, 4.69) is 11.2 Å². The number of aryl methyl sites for hydroxylation is 1. The van der Waals surface area contributed by atoms with Crippen LogP contribution in [0.15, 0.2) is 18.3 Å². The highest BCUT2D eigenvalue weighted by Gasteiger charge is 2.06. The highest BCUT2D eigenvalue weighted by atomic mass is 16.1. The van der Waals surface area contributed by atoms with Gasteiger partial charge in [0, 0.05) is 26.2 Å². The second-order valence-corrected chi connectivity index (χ2v) is 3.42. The molecule has 0 aliphatic heterocycles. The molecule has 1 rings (SSSR count). The minimum atomic E-state index is -0.0248. The molecule has 1 heterocycles. The van der Waals surface area contributed by atoms with Crippen molar-refractivity contribution in [3.63, 3.8) is 0 Å². The van der Waals surface area contributed by atoms with E-state index in [9.17, 15) is 4.79 Å². The number of hydrogen-bond donors (Lipinski definition) is 1. The third-order valence-corrected chi connectivity index (χ3v) is 2.21. The van der Waals surface area contributed by atoms with Crippen LogP contribution in [0.4, 0.5) is 0 Å². The molecule has 3 heteroatoms. The highest BCUT2D eigenvalue weighted by molar-refractivity contribution is 5.92. The summed E-state index contributed by atoms with van der Waals surface area (Å²) in [6, 6.07) is 3.66. The molecular formula is C12H16N2O. The fraction of sp³-hybridized carbons (Fsp3) is 0.417. The SMILES string of the molecule is C#CCCCCNC(=O)c1cccn1C. The van der Waals surface area contributed by atoms with E-state index in [4.69, 9.17) is 6.42 Å². The number of hydrogen-bond acceptors (Lipinski definition) is 1. The van der Waals surface area contributed by atoms with E-state index < -0.39 is 0 Å². The van der Waals surface area contributed by atoms with Crippen LogP contribution >= 0.6 is 0 Å². The number of carbonyl (C=O) groups excluding carboxylic acids is 1. The lowest BCUT2D eigenvalue weighted by Gasteiger charge is -2.05. The fourth-order valence-corrected chi connectivity index (χ4v) is 1.34. The topological polar surface area (TPSA) is 34.0 Å². The average molecular weight is 204 g/mol. The number of nitrogens with zero attached hydrogens (tertiary/aromatic N) is 1. The van der Waals surface area contributed by atoms with Crippen LogP contribution in [-0.2, 0) is 7.05 Å². The van der Waals surface area contributed by atoms with Crippen LogP contribution in [-0.4, -0.2) is 17.0 Å². The van der Waals surface area contributed by atoms with Gasteiger partial charge in [-0.15, -0.1) is 12.3 Å². The Bertz CT molecular complexity index is 360. The van der Waals surface area contributed by atoms with Crippen LogP contribution in [0.2, 0.25) is 0 Å². The predicted octanol–water partition coefficient (Wildman–Crippen LogP) is 1.56. The molecule has 3 nitrogen and oxygen atoms in total. The molecule has 1 N–H and O–H groups in total. The van der Waals surface area contributed by atoms with Gasteiger partial charge in [0.25, 0.3) is 5.91 Å². The summed E-state index contributed by atoms with van der Waals surface area (Å²) in [7, 11) is 1.85. The van der Waals surface area contributed by atoms with Gasteiger partial charge in [-0.2, -0.15) is 0 Å². The first-order chi connectivity index (χ1) is 7.25. The van der Waals surface area contributed by atoms with E-state index in [1.807, 2.05) is 19.3 Å². The quantitative estimate of drug-likeness (QED) is 0.573. The Morgan fingerprint density at radius 1 is 1.60 bits per heavy atom. The third kappa shape index (κ3) is 3.51. The minimum absolute atomic E-state index is 0.0248. The lowest BCUT2D eigenvalue weighted by Crippen LogP contribution is -2.26. The summed E-state index contributed by atoms with van der Waals surface area (Å²) < 4.78 is 1.80. The molecule has 15 heavy (non-hydrogen) atoms. The van der Waals surface area contributed by atoms with Gasteiger partial charge in [-0.25, -0.2) is 0 Å². The summed E-state index contributed by atoms with van der Waals surface area (Å²) >= 11 is 0. The standard InChI is InChI=1S/C12H16N2O/c1-3-4-5-6-9-13-12(15)11-8-7-10-14(11)2/h1,7-8,10H,4-6,9H2,2H3,(H,13,15). The zero-order valence-corrected chi connectivity index (χ0v) is 8.99. The summed E-state index contributed by atoms with van der Waals surface area (Å²) in [5.41, 5.74) is 0.687. The summed E-state index contributed by atoms with van der Waals surface area (Å²) in [6.07, 6.45) is 9.65. The maximum Gasteiger partial charge on any atom is 0.267 e. The Hall–Kier alpha value is -1.69. The molecule has 0 bridgehead atoms. The van der Waals surface area contributed by atoms with E-state index in [0.29, 0.717) is 12.2 Å². The number of terminal acetylenes is 1. The molecule has 0 aliphatic rings. The van der Waals surface area contributed by atoms with Crippen molar-refractivity contribution in [2.45, 2.75) is 19.3 Å². The van der Waals surface area contributed by atoms with Gasteiger partial charge in [0.05, 0.1) is 0 Å². The first-order valence-electron chi connectivity index (χ1n) is 5.08. The van der Waals surface area contributed by atoms with Gasteiger partial charge in [-0.1, -0.05) is 0 Å². The van der Waals surface area contributed by atoms with Crippen LogP contribution in [0.5, 0.6) is 0 Å². The molecule has 0 radical (unpaired) electrons. The van der Waals surface area contributed by atoms with Crippen LogP contribution in [0.1, 0.15) is 29.8 Å². The molecule has 1 amide bonds. The smallest absolute Gasteiger partial charge is 0.267 e. The van der Waals surface area contributed by atoms with Crippen molar-refractivity contribution < 1.29 is 4.79 Å². The van der Waals surface area contributed by atoms with Crippen molar-refractivity contribution in [2.24, 2.45) is 7.05 Å². The highest BCUT2D eigenvalue weighted by Crippen LogP contribution is 1.99. The summed E-state index contributed by atoms with van der Waals surface area (Å²) in [6.45, 7) is 0.686. The molecule has 0 aromatic carbocycles. The second-order valence-electron chi connectivity index (χ2n) is 3.42. The first kappa shape index (κ1) is 11.4. The molecule has 0 atom stereocenters. The van der Waals surface area contributed by atoms with Crippen molar-refractivity contribution in [3.8, 4) is 12.3 Å². The molecule has 80 valence electrons. The Balaban J connectivity index is 2.26. The van der Waals surface area contributed by atoms with Crippen LogP contribution < -0.4 is 5.32 Å². The number of amides is 1. The van der Waals surface area contributed by atoms with Crippen molar-refractivity contribution in [1.82, 2.24) is 9.88 Å². The summed E-state index contributed by atoms with van der Waals surface area (Å²) in [5.74, 6) is 2.55. The van der Waals surface area contributed by atoms with Gasteiger partial charge >= 0.3 is 0 Å². The van der Waals surface area contributed by atoms with Gasteiger partial charge in [0.2, 0.25) is 0 Å². The van der Waals surface area contributed by atoms with E-state index in [0.717, 1.165) is 19.3 Å². The molecule has 0 saturated heterocycles. The second kappa shape index (κ2) is 5.92. The molecule has 0 unspecified atom stereocenters. The Labute approximate surface area is 90.5 Å². The molecule has 0 spiro atoms. The summed E-state index contributed by atoms with van der Waals surface area (Å²) in [4.78, 5) is 11.6. The molecule has 1 aromatic rings. The first-order valence-corrected chi connectivity index (χ1v) is 5.08. The maximum absolute atomic E-state index is 11.6. The largest absolute Gasteiger partial charge is 0.351 e. The van der Waals surface area contributed by atoms with Crippen LogP contribution in [0.25, 0.3) is 0 Å². The van der Waals surface area contributed by atoms with Crippen molar-refractivity contribution >= 4 is 5.91 Å². The Morgan fingerprint density at radius 2 is 2.40 bits per heavy atom. The zero-order chi connectivity index (χ0) is 11.1. The van der Waals surface area contributed by atoms with Gasteiger partial charge in [0.15, 0.2) is 0 Å². The van der Waals surface area contributed by atoms with Crippen LogP contribution in [0.3, 0.4) is 0 Å². The Morgan fingerprint density at radius 3 is 3.00 bits per heavy atom. The maximum atomic E-state index is 11.6. The number of aromatic nitrogens is 1. The van der Waals surface area contributed by atoms with Crippen molar-refractivity contribution in [1.29, 1.82) is 0 Å². The number of unbranched alkanes of at least 4 members (excludes halogenated alkanes) is 2. The Kier molecular flexibility index (Phi) is 4.49. The van der Waals surface area contributed by atoms with Crippen LogP contribution in [0, 0.1) is 12.3 Å². The average Bonchev–Trinajstić information content (AvgIpc) is 2.64. The molecule has 1 aromatic heterocycles. The lowest BCUT2D eigenvalue weighted by atomic mass is 10.2. The van der Waals surface area contributed by atoms with Crippen molar-refractivity contribution in [3.05, 3.63) is 24.0 Å². The molecule has 0 aliphatic carbocycles. The fourth-order valence-electron chi connectivity index (χ4n) is 1.34.